The van der Waals surface area contributed by atoms with Gasteiger partial charge in [0.05, 0.1) is 0 Å². The van der Waals surface area contributed by atoms with E-state index in [1.807, 2.05) is 18.4 Å². The molecule has 104 valence electrons. The highest BCUT2D eigenvalue weighted by Gasteiger charge is 2.10. The molecule has 0 aliphatic heterocycles. The van der Waals surface area contributed by atoms with Gasteiger partial charge in [0.25, 0.3) is 6.43 Å². The lowest BCUT2D eigenvalue weighted by Crippen LogP contribution is -2.29. The predicted octanol–water partition coefficient (Wildman–Crippen LogP) is 3.11. The van der Waals surface area contributed by atoms with Gasteiger partial charge in [-0.15, -0.1) is 11.3 Å². The van der Waals surface area contributed by atoms with Crippen molar-refractivity contribution in [2.75, 3.05) is 20.3 Å². The van der Waals surface area contributed by atoms with Gasteiger partial charge in [-0.3, -0.25) is 0 Å². The van der Waals surface area contributed by atoms with Gasteiger partial charge in [0, 0.05) is 22.4 Å². The van der Waals surface area contributed by atoms with E-state index < -0.39 is 13.0 Å². The van der Waals surface area contributed by atoms with Crippen molar-refractivity contribution < 1.29 is 13.5 Å². The van der Waals surface area contributed by atoms with Crippen LogP contribution in [0.25, 0.3) is 0 Å². The largest absolute Gasteiger partial charge is 0.375 e. The van der Waals surface area contributed by atoms with Gasteiger partial charge in [0.2, 0.25) is 0 Å². The molecular weight excluding hydrogens is 256 g/mol. The van der Waals surface area contributed by atoms with Crippen LogP contribution in [0.3, 0.4) is 0 Å². The fourth-order valence-corrected chi connectivity index (χ4v) is 2.75. The van der Waals surface area contributed by atoms with E-state index in [9.17, 15) is 8.78 Å². The third kappa shape index (κ3) is 5.89. The van der Waals surface area contributed by atoms with Crippen molar-refractivity contribution in [3.8, 4) is 0 Å². The van der Waals surface area contributed by atoms with Crippen molar-refractivity contribution >= 4 is 11.3 Å². The first-order valence-electron chi connectivity index (χ1n) is 6.26. The quantitative estimate of drug-likeness (QED) is 0.700. The normalized spacial score (nSPS) is 13.2. The van der Waals surface area contributed by atoms with Gasteiger partial charge < -0.3 is 10.1 Å². The summed E-state index contributed by atoms with van der Waals surface area (Å²) in [6, 6.07) is 4.58. The van der Waals surface area contributed by atoms with E-state index in [1.54, 1.807) is 0 Å². The van der Waals surface area contributed by atoms with E-state index in [1.165, 1.54) is 9.75 Å². The molecule has 5 heteroatoms. The Balaban J connectivity index is 2.28. The van der Waals surface area contributed by atoms with Crippen molar-refractivity contribution in [1.29, 1.82) is 0 Å². The minimum absolute atomic E-state index is 0.283. The molecule has 0 fully saturated rings. The zero-order valence-corrected chi connectivity index (χ0v) is 11.7. The lowest BCUT2D eigenvalue weighted by Gasteiger charge is -2.15. The first-order chi connectivity index (χ1) is 8.65. The summed E-state index contributed by atoms with van der Waals surface area (Å²) in [5.41, 5.74) is 0. The lowest BCUT2D eigenvalue weighted by atomic mass is 10.1. The number of halogens is 2. The molecule has 1 heterocycles. The number of alkyl halides is 2. The monoisotopic (exact) mass is 277 g/mol. The Morgan fingerprint density at radius 3 is 2.61 bits per heavy atom. The highest BCUT2D eigenvalue weighted by atomic mass is 32.1. The number of rotatable bonds is 9. The molecule has 18 heavy (non-hydrogen) atoms. The minimum Gasteiger partial charge on any atom is -0.375 e. The van der Waals surface area contributed by atoms with Crippen LogP contribution in [0.5, 0.6) is 0 Å². The van der Waals surface area contributed by atoms with Gasteiger partial charge >= 0.3 is 0 Å². The Hall–Kier alpha value is -0.520. The predicted molar refractivity (Wildman–Crippen MR) is 71.7 cm³/mol. The molecule has 0 aromatic carbocycles. The van der Waals surface area contributed by atoms with Crippen molar-refractivity contribution in [3.05, 3.63) is 21.9 Å². The SMILES string of the molecule is CCc1ccc(CC(CCOCC(F)F)NC)s1. The summed E-state index contributed by atoms with van der Waals surface area (Å²) in [5, 5.41) is 3.21. The second-order valence-corrected chi connectivity index (χ2v) is 5.42. The molecule has 0 saturated carbocycles. The molecule has 0 bridgehead atoms. The Kier molecular flexibility index (Phi) is 7.39. The molecule has 1 N–H and O–H groups in total. The van der Waals surface area contributed by atoms with Crippen molar-refractivity contribution in [1.82, 2.24) is 5.32 Å². The second kappa shape index (κ2) is 8.56. The maximum absolute atomic E-state index is 11.9. The highest BCUT2D eigenvalue weighted by molar-refractivity contribution is 7.11. The lowest BCUT2D eigenvalue weighted by molar-refractivity contribution is 0.0146. The van der Waals surface area contributed by atoms with E-state index in [0.29, 0.717) is 6.61 Å². The molecule has 1 unspecified atom stereocenters. The van der Waals surface area contributed by atoms with Gasteiger partial charge in [0.1, 0.15) is 6.61 Å². The van der Waals surface area contributed by atoms with E-state index in [2.05, 4.69) is 24.4 Å². The number of ether oxygens (including phenoxy) is 1. The van der Waals surface area contributed by atoms with Gasteiger partial charge in [-0.05, 0) is 38.4 Å². The molecule has 0 aliphatic carbocycles. The number of aryl methyl sites for hydroxylation is 1. The van der Waals surface area contributed by atoms with E-state index in [4.69, 9.17) is 4.74 Å². The number of hydrogen-bond donors (Lipinski definition) is 1. The van der Waals surface area contributed by atoms with Crippen molar-refractivity contribution in [2.45, 2.75) is 38.7 Å². The molecule has 0 amide bonds. The second-order valence-electron chi connectivity index (χ2n) is 4.17. The molecule has 2 nitrogen and oxygen atoms in total. The molecule has 1 aromatic rings. The van der Waals surface area contributed by atoms with Crippen LogP contribution in [0.1, 0.15) is 23.1 Å². The first kappa shape index (κ1) is 15.5. The Morgan fingerprint density at radius 2 is 2.06 bits per heavy atom. The van der Waals surface area contributed by atoms with Crippen LogP contribution in [0.4, 0.5) is 8.78 Å². The van der Waals surface area contributed by atoms with Crippen molar-refractivity contribution in [2.24, 2.45) is 0 Å². The molecule has 1 atom stereocenters. The smallest absolute Gasteiger partial charge is 0.261 e. The van der Waals surface area contributed by atoms with Gasteiger partial charge in [-0.25, -0.2) is 8.78 Å². The third-order valence-electron chi connectivity index (χ3n) is 2.78. The van der Waals surface area contributed by atoms with Crippen LogP contribution in [0.2, 0.25) is 0 Å². The van der Waals surface area contributed by atoms with Gasteiger partial charge in [-0.2, -0.15) is 0 Å². The fraction of sp³-hybridized carbons (Fsp3) is 0.692. The molecule has 0 aliphatic rings. The minimum atomic E-state index is -2.37. The van der Waals surface area contributed by atoms with Crippen LogP contribution in [0.15, 0.2) is 12.1 Å². The van der Waals surface area contributed by atoms with E-state index in [0.717, 1.165) is 19.3 Å². The van der Waals surface area contributed by atoms with Crippen molar-refractivity contribution in [3.63, 3.8) is 0 Å². The summed E-state index contributed by atoms with van der Waals surface area (Å²) >= 11 is 1.82. The van der Waals surface area contributed by atoms with Gasteiger partial charge in [0.15, 0.2) is 0 Å². The zero-order chi connectivity index (χ0) is 13.4. The number of nitrogens with one attached hydrogen (secondary N) is 1. The summed E-state index contributed by atoms with van der Waals surface area (Å²) < 4.78 is 28.7. The maximum atomic E-state index is 11.9. The molecular formula is C13H21F2NOS. The molecule has 0 radical (unpaired) electrons. The topological polar surface area (TPSA) is 21.3 Å². The van der Waals surface area contributed by atoms with Crippen LogP contribution in [-0.4, -0.2) is 32.7 Å². The average molecular weight is 277 g/mol. The van der Waals surface area contributed by atoms with E-state index >= 15 is 0 Å². The maximum Gasteiger partial charge on any atom is 0.261 e. The summed E-state index contributed by atoms with van der Waals surface area (Å²) in [4.78, 5) is 2.72. The standard InChI is InChI=1S/C13H21F2NOS/c1-3-11-4-5-12(18-11)8-10(16-2)6-7-17-9-13(14)15/h4-5,10,13,16H,3,6-9H2,1-2H3. The zero-order valence-electron chi connectivity index (χ0n) is 10.9. The fourth-order valence-electron chi connectivity index (χ4n) is 1.71. The highest BCUT2D eigenvalue weighted by Crippen LogP contribution is 2.19. The molecule has 0 saturated heterocycles. The van der Waals surface area contributed by atoms with Gasteiger partial charge in [-0.1, -0.05) is 6.92 Å². The number of thiophene rings is 1. The number of hydrogen-bond acceptors (Lipinski definition) is 3. The van der Waals surface area contributed by atoms with Crippen LogP contribution in [-0.2, 0) is 17.6 Å². The molecule has 0 spiro atoms. The summed E-state index contributed by atoms with van der Waals surface area (Å²) in [6.45, 7) is 2.06. The third-order valence-corrected chi connectivity index (χ3v) is 4.03. The summed E-state index contributed by atoms with van der Waals surface area (Å²) in [7, 11) is 1.89. The van der Waals surface area contributed by atoms with E-state index in [-0.39, 0.29) is 6.04 Å². The average Bonchev–Trinajstić information content (AvgIpc) is 2.80. The van der Waals surface area contributed by atoms with Crippen LogP contribution in [0, 0.1) is 0 Å². The molecule has 1 rings (SSSR count). The Morgan fingerprint density at radius 1 is 1.33 bits per heavy atom. The van der Waals surface area contributed by atoms with Crippen LogP contribution >= 0.6 is 11.3 Å². The Bertz CT molecular complexity index is 331. The Labute approximate surface area is 111 Å². The molecule has 1 aromatic heterocycles. The van der Waals surface area contributed by atoms with Crippen LogP contribution < -0.4 is 5.32 Å². The first-order valence-corrected chi connectivity index (χ1v) is 7.08. The summed E-state index contributed by atoms with van der Waals surface area (Å²) in [6.07, 6.45) is 0.371. The number of likely N-dealkylation sites (N-methyl/N-ethyl adjacent to an activating group) is 1. The summed E-state index contributed by atoms with van der Waals surface area (Å²) in [5.74, 6) is 0.